The van der Waals surface area contributed by atoms with E-state index in [9.17, 15) is 4.79 Å². The molecule has 0 aliphatic carbocycles. The van der Waals surface area contributed by atoms with Crippen LogP contribution in [0.5, 0.6) is 0 Å². The topological polar surface area (TPSA) is 59.8 Å². The summed E-state index contributed by atoms with van der Waals surface area (Å²) in [6.07, 6.45) is 1.76. The zero-order valence-electron chi connectivity index (χ0n) is 15.2. The number of carbonyl (C=O) groups excluding carboxylic acids is 1. The number of aromatic nitrogens is 3. The van der Waals surface area contributed by atoms with E-state index >= 15 is 0 Å². The van der Waals surface area contributed by atoms with E-state index < -0.39 is 0 Å². The van der Waals surface area contributed by atoms with Gasteiger partial charge in [0.25, 0.3) is 5.91 Å². The van der Waals surface area contributed by atoms with Gasteiger partial charge in [-0.3, -0.25) is 4.79 Å². The third-order valence-corrected chi connectivity index (χ3v) is 6.00. The first kappa shape index (κ1) is 21.7. The molecule has 5 nitrogen and oxygen atoms in total. The Bertz CT molecular complexity index is 1020. The molecule has 0 aliphatic rings. The molecule has 3 aromatic rings. The Morgan fingerprint density at radius 2 is 1.86 bits per heavy atom. The number of nitrogens with one attached hydrogen (secondary N) is 1. The van der Waals surface area contributed by atoms with Crippen LogP contribution in [0.25, 0.3) is 0 Å². The molecule has 29 heavy (non-hydrogen) atoms. The molecular formula is C20H17Cl3N4OS. The molecule has 0 atom stereocenters. The molecule has 0 unspecified atom stereocenters. The van der Waals surface area contributed by atoms with E-state index in [4.69, 9.17) is 34.8 Å². The molecule has 9 heteroatoms. The molecule has 3 rings (SSSR count). The number of amides is 1. The second-order valence-corrected chi connectivity index (χ2v) is 8.22. The Balaban J connectivity index is 1.67. The van der Waals surface area contributed by atoms with Gasteiger partial charge in [0, 0.05) is 22.9 Å². The minimum atomic E-state index is -0.271. The lowest BCUT2D eigenvalue weighted by atomic mass is 10.2. The molecule has 1 amide bonds. The van der Waals surface area contributed by atoms with Crippen molar-refractivity contribution in [1.82, 2.24) is 20.1 Å². The van der Waals surface area contributed by atoms with E-state index in [-0.39, 0.29) is 12.5 Å². The van der Waals surface area contributed by atoms with Crippen LogP contribution in [-0.2, 0) is 18.8 Å². The number of thioether (sulfide) groups is 1. The van der Waals surface area contributed by atoms with Gasteiger partial charge >= 0.3 is 0 Å². The minimum Gasteiger partial charge on any atom is -0.345 e. The predicted molar refractivity (Wildman–Crippen MR) is 119 cm³/mol. The van der Waals surface area contributed by atoms with Gasteiger partial charge in [-0.25, -0.2) is 0 Å². The Morgan fingerprint density at radius 3 is 2.55 bits per heavy atom. The first-order chi connectivity index (χ1) is 14.0. The Labute approximate surface area is 188 Å². The standard InChI is InChI=1S/C20H17Cl3N4OS/c1-2-9-27-18(11-24-19(28)14-5-8-16(22)17(23)10-14)25-26-20(27)29-12-13-3-6-15(21)7-4-13/h2-8,10H,1,9,11-12H2,(H,24,28). The van der Waals surface area contributed by atoms with Crippen LogP contribution < -0.4 is 5.32 Å². The van der Waals surface area contributed by atoms with Gasteiger partial charge in [0.15, 0.2) is 11.0 Å². The van der Waals surface area contributed by atoms with Crippen molar-refractivity contribution in [2.45, 2.75) is 24.0 Å². The van der Waals surface area contributed by atoms with Crippen LogP contribution in [0.3, 0.4) is 0 Å². The van der Waals surface area contributed by atoms with Crippen molar-refractivity contribution < 1.29 is 4.79 Å². The average molecular weight is 468 g/mol. The van der Waals surface area contributed by atoms with Crippen molar-refractivity contribution >= 4 is 52.5 Å². The van der Waals surface area contributed by atoms with Gasteiger partial charge in [-0.1, -0.05) is 64.8 Å². The van der Waals surface area contributed by atoms with Crippen LogP contribution in [0.15, 0.2) is 60.3 Å². The lowest BCUT2D eigenvalue weighted by Crippen LogP contribution is -2.24. The number of halogens is 3. The lowest BCUT2D eigenvalue weighted by molar-refractivity contribution is 0.0949. The third kappa shape index (κ3) is 5.76. The number of benzene rings is 2. The summed E-state index contributed by atoms with van der Waals surface area (Å²) in [5.74, 6) is 1.09. The fourth-order valence-corrected chi connectivity index (χ4v) is 3.84. The monoisotopic (exact) mass is 466 g/mol. The van der Waals surface area contributed by atoms with Gasteiger partial charge in [0.2, 0.25) is 0 Å². The van der Waals surface area contributed by atoms with Crippen molar-refractivity contribution in [2.75, 3.05) is 0 Å². The van der Waals surface area contributed by atoms with Crippen LogP contribution in [0.1, 0.15) is 21.7 Å². The molecule has 150 valence electrons. The van der Waals surface area contributed by atoms with Gasteiger partial charge in [0.05, 0.1) is 16.6 Å². The van der Waals surface area contributed by atoms with Crippen molar-refractivity contribution in [3.63, 3.8) is 0 Å². The summed E-state index contributed by atoms with van der Waals surface area (Å²) in [5.41, 5.74) is 1.55. The smallest absolute Gasteiger partial charge is 0.251 e. The summed E-state index contributed by atoms with van der Waals surface area (Å²) in [5, 5.41) is 13.5. The van der Waals surface area contributed by atoms with Gasteiger partial charge in [-0.15, -0.1) is 16.8 Å². The van der Waals surface area contributed by atoms with E-state index in [1.54, 1.807) is 30.0 Å². The highest BCUT2D eigenvalue weighted by Gasteiger charge is 2.14. The zero-order valence-corrected chi connectivity index (χ0v) is 18.3. The molecule has 0 saturated heterocycles. The van der Waals surface area contributed by atoms with Crippen LogP contribution in [0, 0.1) is 0 Å². The van der Waals surface area contributed by atoms with Gasteiger partial charge in [-0.05, 0) is 35.9 Å². The van der Waals surface area contributed by atoms with E-state index in [1.165, 1.54) is 6.07 Å². The molecule has 0 bridgehead atoms. The minimum absolute atomic E-state index is 0.224. The summed E-state index contributed by atoms with van der Waals surface area (Å²) >= 11 is 19.4. The van der Waals surface area contributed by atoms with Crippen LogP contribution >= 0.6 is 46.6 Å². The highest BCUT2D eigenvalue weighted by Crippen LogP contribution is 2.24. The highest BCUT2D eigenvalue weighted by molar-refractivity contribution is 7.98. The van der Waals surface area contributed by atoms with Crippen molar-refractivity contribution in [3.8, 4) is 0 Å². The molecule has 0 fully saturated rings. The number of hydrogen-bond donors (Lipinski definition) is 1. The number of rotatable bonds is 8. The van der Waals surface area contributed by atoms with E-state index in [0.717, 1.165) is 16.5 Å². The molecule has 0 aliphatic heterocycles. The Kier molecular flexibility index (Phi) is 7.61. The van der Waals surface area contributed by atoms with Gasteiger partial charge in [0.1, 0.15) is 0 Å². The maximum atomic E-state index is 12.4. The normalized spacial score (nSPS) is 10.7. The zero-order chi connectivity index (χ0) is 20.8. The second-order valence-electron chi connectivity index (χ2n) is 6.02. The fraction of sp³-hybridized carbons (Fsp3) is 0.150. The molecule has 0 radical (unpaired) electrons. The number of nitrogens with zero attached hydrogens (tertiary/aromatic N) is 3. The summed E-state index contributed by atoms with van der Waals surface area (Å²) in [4.78, 5) is 12.4. The van der Waals surface area contributed by atoms with Crippen molar-refractivity contribution in [3.05, 3.63) is 87.1 Å². The third-order valence-electron chi connectivity index (χ3n) is 3.98. The SMILES string of the molecule is C=CCn1c(CNC(=O)c2ccc(Cl)c(Cl)c2)nnc1SCc1ccc(Cl)cc1. The van der Waals surface area contributed by atoms with E-state index in [1.807, 2.05) is 28.8 Å². The average Bonchev–Trinajstić information content (AvgIpc) is 3.10. The fourth-order valence-electron chi connectivity index (χ4n) is 2.50. The molecule has 0 saturated carbocycles. The Morgan fingerprint density at radius 1 is 1.10 bits per heavy atom. The summed E-state index contributed by atoms with van der Waals surface area (Å²) in [6.45, 7) is 4.55. The number of hydrogen-bond acceptors (Lipinski definition) is 4. The molecule has 1 N–H and O–H groups in total. The van der Waals surface area contributed by atoms with Crippen LogP contribution in [0.2, 0.25) is 15.1 Å². The first-order valence-electron chi connectivity index (χ1n) is 8.61. The summed E-state index contributed by atoms with van der Waals surface area (Å²) in [6, 6.07) is 12.4. The molecule has 0 spiro atoms. The molecular weight excluding hydrogens is 451 g/mol. The highest BCUT2D eigenvalue weighted by atomic mass is 35.5. The van der Waals surface area contributed by atoms with Crippen molar-refractivity contribution in [2.24, 2.45) is 0 Å². The predicted octanol–water partition coefficient (Wildman–Crippen LogP) is 5.65. The summed E-state index contributed by atoms with van der Waals surface area (Å²) < 4.78 is 1.92. The lowest BCUT2D eigenvalue weighted by Gasteiger charge is -2.09. The quantitative estimate of drug-likeness (QED) is 0.344. The van der Waals surface area contributed by atoms with E-state index in [2.05, 4.69) is 22.1 Å². The van der Waals surface area contributed by atoms with Gasteiger partial charge < -0.3 is 9.88 Å². The van der Waals surface area contributed by atoms with Gasteiger partial charge in [-0.2, -0.15) is 0 Å². The molecule has 2 aromatic carbocycles. The summed E-state index contributed by atoms with van der Waals surface area (Å²) in [7, 11) is 0. The van der Waals surface area contributed by atoms with Crippen molar-refractivity contribution in [1.29, 1.82) is 0 Å². The van der Waals surface area contributed by atoms with E-state index in [0.29, 0.717) is 33.0 Å². The second kappa shape index (κ2) is 10.2. The number of allylic oxidation sites excluding steroid dienone is 1. The number of carbonyl (C=O) groups is 1. The largest absolute Gasteiger partial charge is 0.345 e. The Hall–Kier alpha value is -1.99. The first-order valence-corrected chi connectivity index (χ1v) is 10.7. The maximum absolute atomic E-state index is 12.4. The maximum Gasteiger partial charge on any atom is 0.251 e. The van der Waals surface area contributed by atoms with Crippen LogP contribution in [0.4, 0.5) is 0 Å². The molecule has 1 aromatic heterocycles. The molecule has 1 heterocycles. The van der Waals surface area contributed by atoms with Crippen LogP contribution in [-0.4, -0.2) is 20.7 Å².